The summed E-state index contributed by atoms with van der Waals surface area (Å²) in [7, 11) is 0. The zero-order valence-electron chi connectivity index (χ0n) is 10.0. The van der Waals surface area contributed by atoms with E-state index in [0.29, 0.717) is 13.0 Å². The summed E-state index contributed by atoms with van der Waals surface area (Å²) < 4.78 is 6.40. The molecule has 2 N–H and O–H groups in total. The van der Waals surface area contributed by atoms with Crippen LogP contribution in [0.5, 0.6) is 0 Å². The minimum Gasteiger partial charge on any atom is -0.464 e. The van der Waals surface area contributed by atoms with Crippen molar-refractivity contribution in [2.24, 2.45) is 5.73 Å². The van der Waals surface area contributed by atoms with Gasteiger partial charge in [-0.3, -0.25) is 9.48 Å². The molecule has 0 aromatic carbocycles. The van der Waals surface area contributed by atoms with Crippen LogP contribution in [0.25, 0.3) is 0 Å². The first-order valence-electron chi connectivity index (χ1n) is 5.61. The summed E-state index contributed by atoms with van der Waals surface area (Å²) in [6.07, 6.45) is 2.99. The molecule has 1 atom stereocenters. The van der Waals surface area contributed by atoms with Gasteiger partial charge in [0.2, 0.25) is 0 Å². The van der Waals surface area contributed by atoms with E-state index in [-0.39, 0.29) is 11.7 Å². The molecule has 0 saturated carbocycles. The van der Waals surface area contributed by atoms with Crippen molar-refractivity contribution in [3.05, 3.63) is 18.0 Å². The van der Waals surface area contributed by atoms with Crippen LogP contribution in [0.2, 0.25) is 0 Å². The minimum atomic E-state index is -0.608. The highest BCUT2D eigenvalue weighted by molar-refractivity contribution is 5.90. The van der Waals surface area contributed by atoms with Crippen molar-refractivity contribution in [2.75, 3.05) is 6.61 Å². The number of nitrogens with zero attached hydrogens (tertiary/aromatic N) is 2. The number of carbonyl (C=O) groups excluding carboxylic acids is 2. The topological polar surface area (TPSA) is 87.2 Å². The molecule has 0 aliphatic carbocycles. The molecule has 0 spiro atoms. The molecule has 0 aliphatic heterocycles. The summed E-state index contributed by atoms with van der Waals surface area (Å²) in [4.78, 5) is 22.6. The van der Waals surface area contributed by atoms with Gasteiger partial charge >= 0.3 is 5.97 Å². The van der Waals surface area contributed by atoms with Gasteiger partial charge in [0.15, 0.2) is 0 Å². The fourth-order valence-electron chi connectivity index (χ4n) is 1.51. The number of esters is 1. The van der Waals surface area contributed by atoms with Gasteiger partial charge in [-0.1, -0.05) is 13.3 Å². The van der Waals surface area contributed by atoms with E-state index in [9.17, 15) is 9.59 Å². The lowest BCUT2D eigenvalue weighted by Crippen LogP contribution is -2.23. The maximum Gasteiger partial charge on any atom is 0.330 e. The predicted molar refractivity (Wildman–Crippen MR) is 61.3 cm³/mol. The van der Waals surface area contributed by atoms with E-state index < -0.39 is 11.9 Å². The molecule has 0 radical (unpaired) electrons. The molecule has 6 nitrogen and oxygen atoms in total. The molecule has 94 valence electrons. The number of hydrogen-bond acceptors (Lipinski definition) is 4. The Balaban J connectivity index is 2.88. The van der Waals surface area contributed by atoms with Crippen LogP contribution in [-0.2, 0) is 9.53 Å². The van der Waals surface area contributed by atoms with Crippen molar-refractivity contribution in [3.63, 3.8) is 0 Å². The Morgan fingerprint density at radius 2 is 2.24 bits per heavy atom. The lowest BCUT2D eigenvalue weighted by atomic mass is 10.2. The van der Waals surface area contributed by atoms with Crippen LogP contribution >= 0.6 is 0 Å². The highest BCUT2D eigenvalue weighted by atomic mass is 16.5. The standard InChI is InChI=1S/C11H17N3O3/c1-3-5-9(11(16)17-4-2)14-7-6-8(13-14)10(12)15/h6-7,9H,3-5H2,1-2H3,(H2,12,15). The Labute approximate surface area is 99.7 Å². The highest BCUT2D eigenvalue weighted by Crippen LogP contribution is 2.15. The summed E-state index contributed by atoms with van der Waals surface area (Å²) >= 11 is 0. The lowest BCUT2D eigenvalue weighted by molar-refractivity contribution is -0.147. The van der Waals surface area contributed by atoms with Gasteiger partial charge in [0.1, 0.15) is 11.7 Å². The largest absolute Gasteiger partial charge is 0.464 e. The third-order valence-corrected chi connectivity index (χ3v) is 2.30. The zero-order chi connectivity index (χ0) is 12.8. The van der Waals surface area contributed by atoms with Gasteiger partial charge in [-0.15, -0.1) is 0 Å². The molecule has 1 unspecified atom stereocenters. The molecule has 1 amide bonds. The average Bonchev–Trinajstić information content (AvgIpc) is 2.75. The fourth-order valence-corrected chi connectivity index (χ4v) is 1.51. The summed E-state index contributed by atoms with van der Waals surface area (Å²) in [6, 6.07) is 0.998. The van der Waals surface area contributed by atoms with E-state index in [0.717, 1.165) is 6.42 Å². The normalized spacial score (nSPS) is 12.1. The number of nitrogens with two attached hydrogens (primary N) is 1. The molecule has 0 saturated heterocycles. The highest BCUT2D eigenvalue weighted by Gasteiger charge is 2.22. The molecular formula is C11H17N3O3. The van der Waals surface area contributed by atoms with Crippen LogP contribution in [0.1, 0.15) is 43.2 Å². The second kappa shape index (κ2) is 6.03. The van der Waals surface area contributed by atoms with E-state index in [2.05, 4.69) is 5.10 Å². The number of aromatic nitrogens is 2. The molecule has 0 aliphatic rings. The molecule has 0 fully saturated rings. The third-order valence-electron chi connectivity index (χ3n) is 2.30. The summed E-state index contributed by atoms with van der Waals surface area (Å²) in [5, 5.41) is 3.97. The van der Waals surface area contributed by atoms with Crippen LogP contribution in [0.15, 0.2) is 12.3 Å². The molecule has 1 heterocycles. The molecule has 1 aromatic rings. The van der Waals surface area contributed by atoms with Crippen LogP contribution in [0.3, 0.4) is 0 Å². The zero-order valence-corrected chi connectivity index (χ0v) is 10.0. The number of ether oxygens (including phenoxy) is 1. The van der Waals surface area contributed by atoms with Gasteiger partial charge in [-0.2, -0.15) is 5.10 Å². The van der Waals surface area contributed by atoms with Crippen LogP contribution in [0, 0.1) is 0 Å². The maximum absolute atomic E-state index is 11.7. The summed E-state index contributed by atoms with van der Waals surface area (Å²) in [6.45, 7) is 4.03. The van der Waals surface area contributed by atoms with Crippen molar-refractivity contribution in [2.45, 2.75) is 32.7 Å². The Bertz CT molecular complexity index is 400. The molecule has 17 heavy (non-hydrogen) atoms. The van der Waals surface area contributed by atoms with Crippen molar-refractivity contribution in [1.82, 2.24) is 9.78 Å². The second-order valence-electron chi connectivity index (χ2n) is 3.60. The van der Waals surface area contributed by atoms with Gasteiger partial charge in [0, 0.05) is 6.20 Å². The molecule has 1 aromatic heterocycles. The van der Waals surface area contributed by atoms with Gasteiger partial charge < -0.3 is 10.5 Å². The number of amides is 1. The number of primary amides is 1. The van der Waals surface area contributed by atoms with E-state index >= 15 is 0 Å². The second-order valence-corrected chi connectivity index (χ2v) is 3.60. The van der Waals surface area contributed by atoms with E-state index in [1.54, 1.807) is 13.1 Å². The van der Waals surface area contributed by atoms with Crippen LogP contribution in [0.4, 0.5) is 0 Å². The molecule has 1 rings (SSSR count). The fraction of sp³-hybridized carbons (Fsp3) is 0.545. The van der Waals surface area contributed by atoms with Gasteiger partial charge in [-0.25, -0.2) is 4.79 Å². The van der Waals surface area contributed by atoms with E-state index in [1.165, 1.54) is 10.7 Å². The first-order chi connectivity index (χ1) is 8.10. The lowest BCUT2D eigenvalue weighted by Gasteiger charge is -2.14. The first-order valence-corrected chi connectivity index (χ1v) is 5.61. The van der Waals surface area contributed by atoms with Crippen molar-refractivity contribution in [3.8, 4) is 0 Å². The Kier molecular flexibility index (Phi) is 4.68. The van der Waals surface area contributed by atoms with Crippen molar-refractivity contribution >= 4 is 11.9 Å². The smallest absolute Gasteiger partial charge is 0.330 e. The predicted octanol–water partition coefficient (Wildman–Crippen LogP) is 0.886. The van der Waals surface area contributed by atoms with Crippen molar-refractivity contribution < 1.29 is 14.3 Å². The molecule has 6 heteroatoms. The van der Waals surface area contributed by atoms with E-state index in [1.807, 2.05) is 6.92 Å². The Hall–Kier alpha value is -1.85. The summed E-state index contributed by atoms with van der Waals surface area (Å²) in [5.74, 6) is -0.948. The number of hydrogen-bond donors (Lipinski definition) is 1. The third kappa shape index (κ3) is 3.30. The number of carbonyl (C=O) groups is 2. The first kappa shape index (κ1) is 13.2. The quantitative estimate of drug-likeness (QED) is 0.747. The summed E-state index contributed by atoms with van der Waals surface area (Å²) in [5.41, 5.74) is 5.25. The van der Waals surface area contributed by atoms with Crippen LogP contribution in [-0.4, -0.2) is 28.3 Å². The van der Waals surface area contributed by atoms with Crippen molar-refractivity contribution in [1.29, 1.82) is 0 Å². The molecular weight excluding hydrogens is 222 g/mol. The monoisotopic (exact) mass is 239 g/mol. The maximum atomic E-state index is 11.7. The molecule has 0 bridgehead atoms. The van der Waals surface area contributed by atoms with Crippen LogP contribution < -0.4 is 5.73 Å². The average molecular weight is 239 g/mol. The van der Waals surface area contributed by atoms with Gasteiger partial charge in [0.25, 0.3) is 5.91 Å². The van der Waals surface area contributed by atoms with Gasteiger partial charge in [-0.05, 0) is 19.4 Å². The van der Waals surface area contributed by atoms with Gasteiger partial charge in [0.05, 0.1) is 6.61 Å². The van der Waals surface area contributed by atoms with E-state index in [4.69, 9.17) is 10.5 Å². The Morgan fingerprint density at radius 1 is 1.53 bits per heavy atom. The Morgan fingerprint density at radius 3 is 2.71 bits per heavy atom. The minimum absolute atomic E-state index is 0.149. The SMILES string of the molecule is CCCC(C(=O)OCC)n1ccc(C(N)=O)n1. The number of rotatable bonds is 6.